The van der Waals surface area contributed by atoms with Crippen LogP contribution in [0.25, 0.3) is 0 Å². The lowest BCUT2D eigenvalue weighted by Crippen LogP contribution is -2.38. The second kappa shape index (κ2) is 6.73. The molecule has 1 unspecified atom stereocenters. The average Bonchev–Trinajstić information content (AvgIpc) is 2.81. The topological polar surface area (TPSA) is 34.1 Å². The van der Waals surface area contributed by atoms with Gasteiger partial charge in [-0.3, -0.25) is 0 Å². The van der Waals surface area contributed by atoms with Crippen molar-refractivity contribution in [3.8, 4) is 0 Å². The van der Waals surface area contributed by atoms with Gasteiger partial charge in [0.15, 0.2) is 9.84 Å². The third-order valence-corrected chi connectivity index (χ3v) is 7.51. The highest BCUT2D eigenvalue weighted by atomic mass is 79.9. The first kappa shape index (κ1) is 17.5. The summed E-state index contributed by atoms with van der Waals surface area (Å²) in [6.07, 6.45) is 0.878. The molecule has 21 heavy (non-hydrogen) atoms. The fourth-order valence-electron chi connectivity index (χ4n) is 2.83. The van der Waals surface area contributed by atoms with Crippen LogP contribution in [-0.4, -0.2) is 31.7 Å². The Kier molecular flexibility index (Phi) is 5.61. The van der Waals surface area contributed by atoms with Crippen molar-refractivity contribution in [2.24, 2.45) is 11.3 Å². The van der Waals surface area contributed by atoms with Gasteiger partial charge in [0.1, 0.15) is 5.82 Å². The highest BCUT2D eigenvalue weighted by Crippen LogP contribution is 2.41. The Morgan fingerprint density at radius 2 is 2.00 bits per heavy atom. The van der Waals surface area contributed by atoms with E-state index in [0.29, 0.717) is 18.4 Å². The summed E-state index contributed by atoms with van der Waals surface area (Å²) in [5.74, 6) is 0.219. The van der Waals surface area contributed by atoms with E-state index in [4.69, 9.17) is 23.2 Å². The molecule has 0 radical (unpaired) electrons. The largest absolute Gasteiger partial charge is 0.229 e. The van der Waals surface area contributed by atoms with Crippen molar-refractivity contribution in [1.82, 2.24) is 0 Å². The quantitative estimate of drug-likeness (QED) is 0.677. The number of halogens is 4. The Morgan fingerprint density at radius 3 is 2.52 bits per heavy atom. The summed E-state index contributed by atoms with van der Waals surface area (Å²) >= 11 is 15.6. The maximum absolute atomic E-state index is 14.0. The molecular formula is C14H16BrCl2FO2S. The number of hydrogen-bond donors (Lipinski definition) is 0. The molecule has 1 heterocycles. The Hall–Kier alpha value is 0.160. The number of benzene rings is 1. The van der Waals surface area contributed by atoms with Gasteiger partial charge in [-0.15, -0.1) is 23.2 Å². The molecule has 1 aromatic carbocycles. The fraction of sp³-hybridized carbons (Fsp3) is 0.571. The first-order valence-electron chi connectivity index (χ1n) is 6.58. The van der Waals surface area contributed by atoms with Crippen molar-refractivity contribution in [3.63, 3.8) is 0 Å². The van der Waals surface area contributed by atoms with Gasteiger partial charge in [0.25, 0.3) is 0 Å². The van der Waals surface area contributed by atoms with Crippen LogP contribution in [-0.2, 0) is 16.3 Å². The summed E-state index contributed by atoms with van der Waals surface area (Å²) in [5, 5.41) is 0. The summed E-state index contributed by atoms with van der Waals surface area (Å²) in [7, 11) is -3.03. The molecule has 1 aliphatic heterocycles. The van der Waals surface area contributed by atoms with E-state index in [1.807, 2.05) is 0 Å². The van der Waals surface area contributed by atoms with Crippen LogP contribution in [0.15, 0.2) is 22.7 Å². The lowest BCUT2D eigenvalue weighted by atomic mass is 9.73. The molecule has 1 aromatic rings. The van der Waals surface area contributed by atoms with Crippen LogP contribution in [0.1, 0.15) is 12.0 Å². The molecule has 0 amide bonds. The summed E-state index contributed by atoms with van der Waals surface area (Å²) in [6.45, 7) is 0. The van der Waals surface area contributed by atoms with Gasteiger partial charge >= 0.3 is 0 Å². The predicted molar refractivity (Wildman–Crippen MR) is 88.4 cm³/mol. The molecule has 1 aliphatic rings. The number of hydrogen-bond acceptors (Lipinski definition) is 2. The molecule has 1 saturated heterocycles. The maximum Gasteiger partial charge on any atom is 0.150 e. The summed E-state index contributed by atoms with van der Waals surface area (Å²) in [6, 6.07) is 4.71. The van der Waals surface area contributed by atoms with Crippen molar-refractivity contribution >= 4 is 49.0 Å². The molecule has 0 saturated carbocycles. The molecule has 7 heteroatoms. The Balaban J connectivity index is 2.32. The van der Waals surface area contributed by atoms with Gasteiger partial charge in [0, 0.05) is 21.6 Å². The molecule has 2 rings (SSSR count). The van der Waals surface area contributed by atoms with E-state index in [2.05, 4.69) is 15.9 Å². The summed E-state index contributed by atoms with van der Waals surface area (Å²) in [5.41, 5.74) is -0.0936. The zero-order chi connectivity index (χ0) is 15.7. The molecule has 0 aliphatic carbocycles. The molecule has 118 valence electrons. The van der Waals surface area contributed by atoms with Gasteiger partial charge in [-0.05, 0) is 42.5 Å². The molecule has 0 N–H and O–H groups in total. The van der Waals surface area contributed by atoms with Gasteiger partial charge in [-0.2, -0.15) is 0 Å². The van der Waals surface area contributed by atoms with E-state index in [1.54, 1.807) is 12.1 Å². The van der Waals surface area contributed by atoms with Crippen LogP contribution in [0.3, 0.4) is 0 Å². The second-order valence-electron chi connectivity index (χ2n) is 5.64. The molecular weight excluding hydrogens is 402 g/mol. The third kappa shape index (κ3) is 3.92. The van der Waals surface area contributed by atoms with Gasteiger partial charge in [0.2, 0.25) is 0 Å². The fourth-order valence-corrected chi connectivity index (χ4v) is 6.09. The van der Waals surface area contributed by atoms with Crippen molar-refractivity contribution in [1.29, 1.82) is 0 Å². The summed E-state index contributed by atoms with van der Waals surface area (Å²) < 4.78 is 38.2. The van der Waals surface area contributed by atoms with Gasteiger partial charge in [0.05, 0.1) is 11.5 Å². The minimum absolute atomic E-state index is 0.0854. The first-order chi connectivity index (χ1) is 9.82. The number of sulfone groups is 1. The van der Waals surface area contributed by atoms with Crippen LogP contribution in [0, 0.1) is 17.2 Å². The third-order valence-electron chi connectivity index (χ3n) is 4.18. The molecule has 0 spiro atoms. The number of alkyl halides is 2. The normalized spacial score (nSPS) is 21.6. The highest BCUT2D eigenvalue weighted by Gasteiger charge is 2.44. The van der Waals surface area contributed by atoms with E-state index < -0.39 is 15.3 Å². The minimum atomic E-state index is -3.03. The minimum Gasteiger partial charge on any atom is -0.229 e. The lowest BCUT2D eigenvalue weighted by molar-refractivity contribution is 0.242. The SMILES string of the molecule is O=S1(=O)CCC(C(CCl)(CCl)Cc2cc(Br)ccc2F)C1. The van der Waals surface area contributed by atoms with Gasteiger partial charge in [-0.1, -0.05) is 15.9 Å². The van der Waals surface area contributed by atoms with Gasteiger partial charge < -0.3 is 0 Å². The Morgan fingerprint density at radius 1 is 1.33 bits per heavy atom. The van der Waals surface area contributed by atoms with Crippen molar-refractivity contribution in [3.05, 3.63) is 34.1 Å². The van der Waals surface area contributed by atoms with Crippen LogP contribution >= 0.6 is 39.1 Å². The smallest absolute Gasteiger partial charge is 0.150 e. The molecule has 1 atom stereocenters. The highest BCUT2D eigenvalue weighted by molar-refractivity contribution is 9.10. The van der Waals surface area contributed by atoms with E-state index in [1.165, 1.54) is 6.07 Å². The molecule has 2 nitrogen and oxygen atoms in total. The van der Waals surface area contributed by atoms with Gasteiger partial charge in [-0.25, -0.2) is 12.8 Å². The molecule has 0 aromatic heterocycles. The predicted octanol–water partition coefficient (Wildman–Crippen LogP) is 4.03. The number of rotatable bonds is 5. The standard InChI is InChI=1S/C14H16BrCl2FO2S/c15-12-1-2-13(18)10(5-12)6-14(8-16,9-17)11-3-4-21(19,20)7-11/h1-2,5,11H,3-4,6-9H2. The first-order valence-corrected chi connectivity index (χ1v) is 10.3. The van der Waals surface area contributed by atoms with Crippen molar-refractivity contribution in [2.75, 3.05) is 23.3 Å². The van der Waals surface area contributed by atoms with Crippen LogP contribution in [0.5, 0.6) is 0 Å². The van der Waals surface area contributed by atoms with E-state index in [0.717, 1.165) is 4.47 Å². The van der Waals surface area contributed by atoms with Crippen LogP contribution < -0.4 is 0 Å². The zero-order valence-corrected chi connectivity index (χ0v) is 15.2. The van der Waals surface area contributed by atoms with E-state index >= 15 is 0 Å². The van der Waals surface area contributed by atoms with Crippen molar-refractivity contribution < 1.29 is 12.8 Å². The van der Waals surface area contributed by atoms with E-state index in [9.17, 15) is 12.8 Å². The van der Waals surface area contributed by atoms with E-state index in [-0.39, 0.29) is 35.0 Å². The zero-order valence-electron chi connectivity index (χ0n) is 11.3. The monoisotopic (exact) mass is 416 g/mol. The Bertz CT molecular complexity index is 617. The van der Waals surface area contributed by atoms with Crippen LogP contribution in [0.4, 0.5) is 4.39 Å². The second-order valence-corrected chi connectivity index (χ2v) is 9.32. The van der Waals surface area contributed by atoms with Crippen molar-refractivity contribution in [2.45, 2.75) is 12.8 Å². The lowest BCUT2D eigenvalue weighted by Gasteiger charge is -2.35. The van der Waals surface area contributed by atoms with Crippen LogP contribution in [0.2, 0.25) is 0 Å². The molecule has 1 fully saturated rings. The average molecular weight is 418 g/mol. The molecule has 0 bridgehead atoms. The Labute approximate surface area is 143 Å². The summed E-state index contributed by atoms with van der Waals surface area (Å²) in [4.78, 5) is 0. The maximum atomic E-state index is 14.0.